The van der Waals surface area contributed by atoms with E-state index in [1.165, 1.54) is 12.1 Å². The summed E-state index contributed by atoms with van der Waals surface area (Å²) >= 11 is 3.21. The molecule has 0 heterocycles. The number of nitrogens with one attached hydrogen (secondary N) is 1. The second-order valence-electron chi connectivity index (χ2n) is 4.02. The normalized spacial score (nSPS) is 10.4. The molecule has 0 aliphatic heterocycles. The maximum atomic E-state index is 12.0. The molecule has 0 saturated heterocycles. The Balaban J connectivity index is 2.95. The van der Waals surface area contributed by atoms with E-state index in [2.05, 4.69) is 21.2 Å². The zero-order valence-corrected chi connectivity index (χ0v) is 12.0. The molecule has 0 aromatic heterocycles. The van der Waals surface area contributed by atoms with Crippen molar-refractivity contribution in [3.8, 4) is 0 Å². The first-order valence-electron chi connectivity index (χ1n) is 5.82. The Morgan fingerprint density at radius 1 is 1.22 bits per heavy atom. The molecule has 1 amide bonds. The van der Waals surface area contributed by atoms with Crippen LogP contribution in [-0.4, -0.2) is 23.0 Å². The first-order valence-corrected chi connectivity index (χ1v) is 6.62. The smallest absolute Gasteiger partial charge is 0.335 e. The van der Waals surface area contributed by atoms with Crippen molar-refractivity contribution < 1.29 is 14.7 Å². The van der Waals surface area contributed by atoms with Crippen molar-refractivity contribution >= 4 is 27.8 Å². The van der Waals surface area contributed by atoms with Crippen LogP contribution in [-0.2, 0) is 0 Å². The molecular formula is C13H16BrNO3. The molecule has 98 valence electrons. The van der Waals surface area contributed by atoms with Crippen molar-refractivity contribution in [1.82, 2.24) is 5.32 Å². The third-order valence-corrected chi connectivity index (χ3v) is 3.19. The number of hydrogen-bond donors (Lipinski definition) is 2. The van der Waals surface area contributed by atoms with Gasteiger partial charge in [0.2, 0.25) is 0 Å². The minimum Gasteiger partial charge on any atom is -0.478 e. The number of carbonyl (C=O) groups is 2. The van der Waals surface area contributed by atoms with Gasteiger partial charge in [0.05, 0.1) is 5.56 Å². The first-order chi connectivity index (χ1) is 8.47. The lowest BCUT2D eigenvalue weighted by Crippen LogP contribution is -2.33. The van der Waals surface area contributed by atoms with E-state index in [0.29, 0.717) is 10.0 Å². The summed E-state index contributed by atoms with van der Waals surface area (Å²) in [7, 11) is 0. The maximum absolute atomic E-state index is 12.0. The van der Waals surface area contributed by atoms with Crippen molar-refractivity contribution in [2.24, 2.45) is 0 Å². The lowest BCUT2D eigenvalue weighted by molar-refractivity contribution is 0.0697. The van der Waals surface area contributed by atoms with E-state index in [0.717, 1.165) is 12.8 Å². The highest BCUT2D eigenvalue weighted by Crippen LogP contribution is 2.16. The third kappa shape index (κ3) is 3.84. The molecule has 0 atom stereocenters. The Morgan fingerprint density at radius 3 is 2.28 bits per heavy atom. The highest BCUT2D eigenvalue weighted by Gasteiger charge is 2.14. The summed E-state index contributed by atoms with van der Waals surface area (Å²) in [6.45, 7) is 4.00. The Bertz CT molecular complexity index is 456. The summed E-state index contributed by atoms with van der Waals surface area (Å²) in [5.41, 5.74) is 0.452. The van der Waals surface area contributed by atoms with E-state index in [1.807, 2.05) is 13.8 Å². The van der Waals surface area contributed by atoms with E-state index in [-0.39, 0.29) is 17.5 Å². The molecule has 1 aromatic carbocycles. The molecule has 0 saturated carbocycles. The van der Waals surface area contributed by atoms with Gasteiger partial charge in [-0.1, -0.05) is 29.8 Å². The number of aromatic carboxylic acids is 1. The topological polar surface area (TPSA) is 66.4 Å². The fourth-order valence-electron chi connectivity index (χ4n) is 1.61. The molecule has 2 N–H and O–H groups in total. The van der Waals surface area contributed by atoms with Gasteiger partial charge >= 0.3 is 5.97 Å². The van der Waals surface area contributed by atoms with E-state index in [4.69, 9.17) is 5.11 Å². The van der Waals surface area contributed by atoms with E-state index < -0.39 is 5.97 Å². The number of halogens is 1. The first kappa shape index (κ1) is 14.7. The van der Waals surface area contributed by atoms with Gasteiger partial charge < -0.3 is 10.4 Å². The molecule has 18 heavy (non-hydrogen) atoms. The Morgan fingerprint density at radius 2 is 1.78 bits per heavy atom. The van der Waals surface area contributed by atoms with Gasteiger partial charge in [-0.3, -0.25) is 4.79 Å². The van der Waals surface area contributed by atoms with E-state index >= 15 is 0 Å². The molecule has 0 radical (unpaired) electrons. The van der Waals surface area contributed by atoms with Crippen LogP contribution in [0.4, 0.5) is 0 Å². The second-order valence-corrected chi connectivity index (χ2v) is 4.94. The SMILES string of the molecule is CCC(CC)NC(=O)c1cc(Br)cc(C(=O)O)c1. The summed E-state index contributed by atoms with van der Waals surface area (Å²) in [5.74, 6) is -1.29. The average Bonchev–Trinajstić information content (AvgIpc) is 2.34. The maximum Gasteiger partial charge on any atom is 0.335 e. The summed E-state index contributed by atoms with van der Waals surface area (Å²) in [5, 5.41) is 11.8. The van der Waals surface area contributed by atoms with Crippen LogP contribution in [0.5, 0.6) is 0 Å². The number of amides is 1. The van der Waals surface area contributed by atoms with Gasteiger partial charge in [0.15, 0.2) is 0 Å². The number of rotatable bonds is 5. The minimum absolute atomic E-state index is 0.0964. The molecule has 0 aliphatic rings. The largest absolute Gasteiger partial charge is 0.478 e. The summed E-state index contributed by atoms with van der Waals surface area (Å²) < 4.78 is 0.581. The quantitative estimate of drug-likeness (QED) is 0.878. The highest BCUT2D eigenvalue weighted by molar-refractivity contribution is 9.10. The fourth-order valence-corrected chi connectivity index (χ4v) is 2.10. The van der Waals surface area contributed by atoms with E-state index in [9.17, 15) is 9.59 Å². The standard InChI is InChI=1S/C13H16BrNO3/c1-3-11(4-2)15-12(16)8-5-9(13(17)18)7-10(14)6-8/h5-7,11H,3-4H2,1-2H3,(H,15,16)(H,17,18). The summed E-state index contributed by atoms with van der Waals surface area (Å²) in [4.78, 5) is 22.9. The number of carboxylic acids is 1. The van der Waals surface area contributed by atoms with Crippen LogP contribution >= 0.6 is 15.9 Å². The van der Waals surface area contributed by atoms with Crippen molar-refractivity contribution in [2.75, 3.05) is 0 Å². The van der Waals surface area contributed by atoms with Gasteiger partial charge in [-0.15, -0.1) is 0 Å². The molecule has 1 aromatic rings. The van der Waals surface area contributed by atoms with Crippen LogP contribution in [0.3, 0.4) is 0 Å². The van der Waals surface area contributed by atoms with Crippen molar-refractivity contribution in [1.29, 1.82) is 0 Å². The average molecular weight is 314 g/mol. The van der Waals surface area contributed by atoms with Crippen molar-refractivity contribution in [2.45, 2.75) is 32.7 Å². The molecule has 0 fully saturated rings. The molecule has 0 bridgehead atoms. The van der Waals surface area contributed by atoms with Crippen LogP contribution in [0.2, 0.25) is 0 Å². The Hall–Kier alpha value is -1.36. The number of carboxylic acid groups (broad SMARTS) is 1. The van der Waals surface area contributed by atoms with Crippen LogP contribution in [0.15, 0.2) is 22.7 Å². The highest BCUT2D eigenvalue weighted by atomic mass is 79.9. The zero-order chi connectivity index (χ0) is 13.7. The number of benzene rings is 1. The van der Waals surface area contributed by atoms with Gasteiger partial charge in [0.1, 0.15) is 0 Å². The monoisotopic (exact) mass is 313 g/mol. The van der Waals surface area contributed by atoms with Gasteiger partial charge in [-0.2, -0.15) is 0 Å². The lowest BCUT2D eigenvalue weighted by atomic mass is 10.1. The van der Waals surface area contributed by atoms with E-state index in [1.54, 1.807) is 6.07 Å². The minimum atomic E-state index is -1.05. The van der Waals surface area contributed by atoms with Gasteiger partial charge in [-0.05, 0) is 31.0 Å². The fraction of sp³-hybridized carbons (Fsp3) is 0.385. The van der Waals surface area contributed by atoms with Gasteiger partial charge in [0, 0.05) is 16.1 Å². The second kappa shape index (κ2) is 6.54. The predicted octanol–water partition coefficient (Wildman–Crippen LogP) is 3.07. The summed E-state index contributed by atoms with van der Waals surface area (Å²) in [6.07, 6.45) is 1.70. The zero-order valence-electron chi connectivity index (χ0n) is 10.4. The molecule has 0 unspecified atom stereocenters. The molecule has 5 heteroatoms. The molecular weight excluding hydrogens is 298 g/mol. The van der Waals surface area contributed by atoms with Gasteiger partial charge in [0.25, 0.3) is 5.91 Å². The Labute approximate surface area is 115 Å². The van der Waals surface area contributed by atoms with Crippen LogP contribution < -0.4 is 5.32 Å². The number of carbonyl (C=O) groups excluding carboxylic acids is 1. The molecule has 0 aliphatic carbocycles. The Kier molecular flexibility index (Phi) is 5.34. The van der Waals surface area contributed by atoms with Crippen LogP contribution in [0.25, 0.3) is 0 Å². The van der Waals surface area contributed by atoms with Crippen molar-refractivity contribution in [3.05, 3.63) is 33.8 Å². The lowest BCUT2D eigenvalue weighted by Gasteiger charge is -2.15. The van der Waals surface area contributed by atoms with Crippen molar-refractivity contribution in [3.63, 3.8) is 0 Å². The molecule has 0 spiro atoms. The molecule has 1 rings (SSSR count). The number of hydrogen-bond acceptors (Lipinski definition) is 2. The summed E-state index contributed by atoms with van der Waals surface area (Å²) in [6, 6.07) is 4.58. The predicted molar refractivity (Wildman–Crippen MR) is 72.9 cm³/mol. The third-order valence-electron chi connectivity index (χ3n) is 2.73. The van der Waals surface area contributed by atoms with Gasteiger partial charge in [-0.25, -0.2) is 4.79 Å². The van der Waals surface area contributed by atoms with Crippen LogP contribution in [0, 0.1) is 0 Å². The molecule has 4 nitrogen and oxygen atoms in total. The van der Waals surface area contributed by atoms with Crippen LogP contribution in [0.1, 0.15) is 47.4 Å².